The number of nitrogens with zero attached hydrogens (tertiary/aromatic N) is 2. The summed E-state index contributed by atoms with van der Waals surface area (Å²) in [6.07, 6.45) is 1.34. The number of rotatable bonds is 4. The van der Waals surface area contributed by atoms with E-state index in [1.54, 1.807) is 13.0 Å². The Morgan fingerprint density at radius 1 is 1.25 bits per heavy atom. The normalized spacial score (nSPS) is 11.3. The van der Waals surface area contributed by atoms with Gasteiger partial charge in [-0.05, 0) is 43.7 Å². The summed E-state index contributed by atoms with van der Waals surface area (Å²) in [6.45, 7) is 4.04. The summed E-state index contributed by atoms with van der Waals surface area (Å²) in [5.41, 5.74) is 7.60. The molecule has 2 aromatic rings. The maximum Gasteiger partial charge on any atom is 0.281 e. The van der Waals surface area contributed by atoms with Gasteiger partial charge in [-0.2, -0.15) is 8.42 Å². The van der Waals surface area contributed by atoms with Crippen LogP contribution >= 0.6 is 0 Å². The highest BCUT2D eigenvalue weighted by Crippen LogP contribution is 2.23. The molecule has 2 N–H and O–H groups in total. The van der Waals surface area contributed by atoms with Crippen LogP contribution in [0, 0.1) is 6.92 Å². The Balaban J connectivity index is 2.47. The molecule has 6 heteroatoms. The second kappa shape index (κ2) is 5.50. The van der Waals surface area contributed by atoms with Crippen LogP contribution < -0.4 is 10.0 Å². The van der Waals surface area contributed by atoms with E-state index in [1.807, 2.05) is 25.1 Å². The molecule has 0 aliphatic rings. The smallest absolute Gasteiger partial charge is 0.281 e. The Kier molecular flexibility index (Phi) is 3.94. The molecule has 0 saturated heterocycles. The van der Waals surface area contributed by atoms with E-state index in [9.17, 15) is 8.42 Å². The third-order valence-electron chi connectivity index (χ3n) is 2.89. The fourth-order valence-electron chi connectivity index (χ4n) is 1.93. The topological polar surface area (TPSA) is 76.3 Å². The first kappa shape index (κ1) is 14.3. The molecule has 0 aliphatic carbocycles. The van der Waals surface area contributed by atoms with Gasteiger partial charge in [0.1, 0.15) is 0 Å². The average molecular weight is 291 g/mol. The molecular formula is C14H17N3O2S. The van der Waals surface area contributed by atoms with E-state index in [0.29, 0.717) is 17.9 Å². The first-order valence-corrected chi connectivity index (χ1v) is 7.70. The van der Waals surface area contributed by atoms with E-state index in [2.05, 4.69) is 4.98 Å². The van der Waals surface area contributed by atoms with E-state index in [-0.39, 0.29) is 5.03 Å². The van der Waals surface area contributed by atoms with Gasteiger partial charge in [0.2, 0.25) is 0 Å². The molecule has 0 unspecified atom stereocenters. The minimum atomic E-state index is -3.67. The van der Waals surface area contributed by atoms with Crippen LogP contribution in [0.1, 0.15) is 12.5 Å². The lowest BCUT2D eigenvalue weighted by atomic mass is 10.2. The Hall–Kier alpha value is -2.08. The second-order valence-corrected chi connectivity index (χ2v) is 6.25. The first-order valence-electron chi connectivity index (χ1n) is 6.26. The van der Waals surface area contributed by atoms with Gasteiger partial charge in [-0.3, -0.25) is 4.31 Å². The van der Waals surface area contributed by atoms with Crippen molar-refractivity contribution < 1.29 is 8.42 Å². The summed E-state index contributed by atoms with van der Waals surface area (Å²) in [4.78, 5) is 3.91. The molecule has 0 spiro atoms. The van der Waals surface area contributed by atoms with Crippen molar-refractivity contribution in [1.82, 2.24) is 4.98 Å². The van der Waals surface area contributed by atoms with Crippen molar-refractivity contribution >= 4 is 21.4 Å². The molecule has 106 valence electrons. The fourth-order valence-corrected chi connectivity index (χ4v) is 3.31. The molecule has 1 heterocycles. The summed E-state index contributed by atoms with van der Waals surface area (Å²) >= 11 is 0. The summed E-state index contributed by atoms with van der Waals surface area (Å²) in [5, 5.41) is -0.00458. The average Bonchev–Trinajstić information content (AvgIpc) is 2.40. The van der Waals surface area contributed by atoms with Crippen LogP contribution in [0.2, 0.25) is 0 Å². The summed E-state index contributed by atoms with van der Waals surface area (Å²) < 4.78 is 26.5. The van der Waals surface area contributed by atoms with Gasteiger partial charge in [-0.15, -0.1) is 0 Å². The molecule has 0 saturated carbocycles. The molecule has 0 radical (unpaired) electrons. The Bertz CT molecular complexity index is 697. The number of benzene rings is 1. The number of nitrogen functional groups attached to an aromatic ring is 1. The molecule has 20 heavy (non-hydrogen) atoms. The zero-order valence-electron chi connectivity index (χ0n) is 11.4. The van der Waals surface area contributed by atoms with Crippen LogP contribution in [-0.2, 0) is 10.0 Å². The number of sulfonamides is 1. The molecule has 2 rings (SSSR count). The Morgan fingerprint density at radius 3 is 2.55 bits per heavy atom. The lowest BCUT2D eigenvalue weighted by molar-refractivity contribution is 0.588. The van der Waals surface area contributed by atoms with Gasteiger partial charge in [0.15, 0.2) is 5.03 Å². The Labute approximate surface area is 119 Å². The van der Waals surface area contributed by atoms with E-state index in [0.717, 1.165) is 5.56 Å². The zero-order chi connectivity index (χ0) is 14.8. The van der Waals surface area contributed by atoms with E-state index in [1.165, 1.54) is 22.6 Å². The van der Waals surface area contributed by atoms with E-state index < -0.39 is 10.0 Å². The number of hydrogen-bond donors (Lipinski definition) is 1. The van der Waals surface area contributed by atoms with Crippen LogP contribution in [0.3, 0.4) is 0 Å². The Morgan fingerprint density at radius 2 is 2.00 bits per heavy atom. The van der Waals surface area contributed by atoms with Crippen molar-refractivity contribution in [3.05, 3.63) is 48.2 Å². The van der Waals surface area contributed by atoms with Gasteiger partial charge < -0.3 is 5.73 Å². The maximum atomic E-state index is 12.6. The molecule has 0 atom stereocenters. The highest BCUT2D eigenvalue weighted by Gasteiger charge is 2.24. The molecule has 5 nitrogen and oxygen atoms in total. The highest BCUT2D eigenvalue weighted by atomic mass is 32.2. The lowest BCUT2D eigenvalue weighted by Gasteiger charge is -2.22. The van der Waals surface area contributed by atoms with Crippen molar-refractivity contribution in [3.8, 4) is 0 Å². The van der Waals surface area contributed by atoms with Crippen molar-refractivity contribution in [2.75, 3.05) is 16.6 Å². The molecule has 0 fully saturated rings. The summed E-state index contributed by atoms with van der Waals surface area (Å²) in [7, 11) is -3.67. The van der Waals surface area contributed by atoms with E-state index in [4.69, 9.17) is 5.73 Å². The molecular weight excluding hydrogens is 274 g/mol. The van der Waals surface area contributed by atoms with Crippen molar-refractivity contribution in [2.24, 2.45) is 0 Å². The summed E-state index contributed by atoms with van der Waals surface area (Å²) in [6, 6.07) is 10.3. The number of pyridine rings is 1. The largest absolute Gasteiger partial charge is 0.397 e. The quantitative estimate of drug-likeness (QED) is 0.936. The van der Waals surface area contributed by atoms with Gasteiger partial charge >= 0.3 is 0 Å². The number of aromatic nitrogens is 1. The third-order valence-corrected chi connectivity index (χ3v) is 4.71. The number of nitrogens with two attached hydrogens (primary N) is 1. The van der Waals surface area contributed by atoms with Crippen LogP contribution in [0.5, 0.6) is 0 Å². The molecule has 1 aromatic heterocycles. The number of hydrogen-bond acceptors (Lipinski definition) is 4. The van der Waals surface area contributed by atoms with Gasteiger partial charge in [-0.25, -0.2) is 4.98 Å². The standard InChI is InChI=1S/C14H17N3O2S/c1-3-17(13-6-4-5-11(2)9-13)20(18,19)14-8-7-12(15)10-16-14/h4-10H,3,15H2,1-2H3. The van der Waals surface area contributed by atoms with Gasteiger partial charge in [0.05, 0.1) is 17.6 Å². The van der Waals surface area contributed by atoms with Crippen molar-refractivity contribution in [3.63, 3.8) is 0 Å². The molecule has 0 bridgehead atoms. The SMILES string of the molecule is CCN(c1cccc(C)c1)S(=O)(=O)c1ccc(N)cn1. The molecule has 1 aromatic carbocycles. The first-order chi connectivity index (χ1) is 9.45. The van der Waals surface area contributed by atoms with Gasteiger partial charge in [0.25, 0.3) is 10.0 Å². The maximum absolute atomic E-state index is 12.6. The van der Waals surface area contributed by atoms with Gasteiger partial charge in [0, 0.05) is 6.54 Å². The van der Waals surface area contributed by atoms with Crippen LogP contribution in [0.25, 0.3) is 0 Å². The van der Waals surface area contributed by atoms with Gasteiger partial charge in [-0.1, -0.05) is 12.1 Å². The minimum absolute atomic E-state index is 0.00458. The number of aryl methyl sites for hydroxylation is 1. The van der Waals surface area contributed by atoms with Crippen molar-refractivity contribution in [1.29, 1.82) is 0 Å². The molecule has 0 aliphatic heterocycles. The fraction of sp³-hybridized carbons (Fsp3) is 0.214. The highest BCUT2D eigenvalue weighted by molar-refractivity contribution is 7.92. The van der Waals surface area contributed by atoms with Crippen LogP contribution in [0.4, 0.5) is 11.4 Å². The zero-order valence-corrected chi connectivity index (χ0v) is 12.3. The predicted molar refractivity (Wildman–Crippen MR) is 80.0 cm³/mol. The lowest BCUT2D eigenvalue weighted by Crippen LogP contribution is -2.31. The molecule has 0 amide bonds. The predicted octanol–water partition coefficient (Wildman–Crippen LogP) is 2.19. The van der Waals surface area contributed by atoms with Crippen LogP contribution in [0.15, 0.2) is 47.6 Å². The van der Waals surface area contributed by atoms with E-state index >= 15 is 0 Å². The van der Waals surface area contributed by atoms with Crippen molar-refractivity contribution in [2.45, 2.75) is 18.9 Å². The summed E-state index contributed by atoms with van der Waals surface area (Å²) in [5.74, 6) is 0. The monoisotopic (exact) mass is 291 g/mol. The third kappa shape index (κ3) is 2.75. The second-order valence-electron chi connectivity index (χ2n) is 4.44. The minimum Gasteiger partial charge on any atom is -0.397 e. The van der Waals surface area contributed by atoms with Crippen LogP contribution in [-0.4, -0.2) is 19.9 Å². The number of anilines is 2.